The van der Waals surface area contributed by atoms with E-state index in [2.05, 4.69) is 0 Å². The van der Waals surface area contributed by atoms with E-state index in [4.69, 9.17) is 9.15 Å². The molecule has 0 spiro atoms. The van der Waals surface area contributed by atoms with Crippen molar-refractivity contribution in [2.24, 2.45) is 0 Å². The Morgan fingerprint density at radius 1 is 1.25 bits per heavy atom. The van der Waals surface area contributed by atoms with E-state index in [1.807, 2.05) is 0 Å². The number of carbonyl (C=O) groups is 1. The SMILES string of the molecule is COc1ccc(C(=O)N2CCN(S(C)(=O)=O)[C@H]3CS(=O)(=O)C[C@H]32)o1. The van der Waals surface area contributed by atoms with E-state index in [1.54, 1.807) is 0 Å². The topological polar surface area (TPSA) is 114 Å². The summed E-state index contributed by atoms with van der Waals surface area (Å²) >= 11 is 0. The highest BCUT2D eigenvalue weighted by molar-refractivity contribution is 7.92. The second-order valence-corrected chi connectivity index (χ2v) is 10.00. The third-order valence-corrected chi connectivity index (χ3v) is 7.31. The van der Waals surface area contributed by atoms with E-state index in [9.17, 15) is 21.6 Å². The standard InChI is InChI=1S/C13H18N2O7S2/c1-21-12-4-3-11(22-12)13(16)14-5-6-15(23(2,17)18)10-8-24(19,20)7-9(10)14/h3-4,9-10H,5-8H2,1-2H3/t9-,10+/m1/s1. The van der Waals surface area contributed by atoms with E-state index in [0.717, 1.165) is 6.26 Å². The number of hydrogen-bond acceptors (Lipinski definition) is 7. The van der Waals surface area contributed by atoms with Gasteiger partial charge in [-0.3, -0.25) is 4.79 Å². The molecule has 2 saturated heterocycles. The van der Waals surface area contributed by atoms with E-state index < -0.39 is 37.9 Å². The average molecular weight is 378 g/mol. The van der Waals surface area contributed by atoms with Gasteiger partial charge in [0.15, 0.2) is 15.6 Å². The molecule has 3 heterocycles. The van der Waals surface area contributed by atoms with Crippen LogP contribution in [0.15, 0.2) is 16.5 Å². The molecule has 0 radical (unpaired) electrons. The lowest BCUT2D eigenvalue weighted by atomic mass is 10.1. The van der Waals surface area contributed by atoms with E-state index in [1.165, 1.54) is 28.4 Å². The number of carbonyl (C=O) groups excluding carboxylic acids is 1. The lowest BCUT2D eigenvalue weighted by Gasteiger charge is -2.42. The van der Waals surface area contributed by atoms with Crippen LogP contribution in [0.5, 0.6) is 5.95 Å². The summed E-state index contributed by atoms with van der Waals surface area (Å²) in [5.41, 5.74) is 0. The predicted molar refractivity (Wildman–Crippen MR) is 84.1 cm³/mol. The van der Waals surface area contributed by atoms with Crippen LogP contribution in [0, 0.1) is 0 Å². The molecule has 0 N–H and O–H groups in total. The highest BCUT2D eigenvalue weighted by Gasteiger charge is 2.50. The van der Waals surface area contributed by atoms with Crippen molar-refractivity contribution >= 4 is 25.8 Å². The number of fused-ring (bicyclic) bond motifs is 1. The quantitative estimate of drug-likeness (QED) is 0.674. The first-order valence-electron chi connectivity index (χ1n) is 7.24. The molecule has 0 aliphatic carbocycles. The van der Waals surface area contributed by atoms with Crippen molar-refractivity contribution in [1.29, 1.82) is 0 Å². The van der Waals surface area contributed by atoms with Crippen molar-refractivity contribution in [3.8, 4) is 5.95 Å². The Kier molecular flexibility index (Phi) is 4.12. The van der Waals surface area contributed by atoms with Crippen molar-refractivity contribution in [2.75, 3.05) is 38.0 Å². The van der Waals surface area contributed by atoms with Crippen molar-refractivity contribution in [3.63, 3.8) is 0 Å². The molecule has 3 rings (SSSR count). The summed E-state index contributed by atoms with van der Waals surface area (Å²) < 4.78 is 59.2. The second-order valence-electron chi connectivity index (χ2n) is 5.91. The molecule has 2 aliphatic rings. The third kappa shape index (κ3) is 3.03. The number of sulfone groups is 1. The number of furan rings is 1. The molecule has 0 saturated carbocycles. The van der Waals surface area contributed by atoms with Gasteiger partial charge in [-0.2, -0.15) is 4.31 Å². The molecular weight excluding hydrogens is 360 g/mol. The van der Waals surface area contributed by atoms with E-state index >= 15 is 0 Å². The molecule has 0 unspecified atom stereocenters. The van der Waals surface area contributed by atoms with Crippen LogP contribution in [-0.4, -0.2) is 82.0 Å². The van der Waals surface area contributed by atoms with Gasteiger partial charge in [0.2, 0.25) is 10.0 Å². The molecule has 1 aromatic heterocycles. The van der Waals surface area contributed by atoms with Crippen LogP contribution in [0.3, 0.4) is 0 Å². The minimum atomic E-state index is -3.56. The molecule has 134 valence electrons. The number of rotatable bonds is 3. The van der Waals surface area contributed by atoms with Crippen LogP contribution < -0.4 is 4.74 Å². The van der Waals surface area contributed by atoms with Crippen molar-refractivity contribution < 1.29 is 30.8 Å². The van der Waals surface area contributed by atoms with Crippen molar-refractivity contribution in [2.45, 2.75) is 12.1 Å². The Hall–Kier alpha value is -1.59. The van der Waals surface area contributed by atoms with Crippen LogP contribution in [0.2, 0.25) is 0 Å². The summed E-state index contributed by atoms with van der Waals surface area (Å²) in [6, 6.07) is 1.45. The summed E-state index contributed by atoms with van der Waals surface area (Å²) in [6.45, 7) is 0.157. The molecular formula is C13H18N2O7S2. The number of nitrogens with zero attached hydrogens (tertiary/aromatic N) is 2. The summed E-state index contributed by atoms with van der Waals surface area (Å²) in [7, 11) is -5.58. The number of ether oxygens (including phenoxy) is 1. The maximum Gasteiger partial charge on any atom is 0.290 e. The normalized spacial score (nSPS) is 27.0. The average Bonchev–Trinajstić information content (AvgIpc) is 3.06. The Bertz CT molecular complexity index is 859. The molecule has 1 amide bonds. The van der Waals surface area contributed by atoms with Gasteiger partial charge >= 0.3 is 0 Å². The lowest BCUT2D eigenvalue weighted by molar-refractivity contribution is 0.0481. The number of sulfonamides is 1. The van der Waals surface area contributed by atoms with Crippen molar-refractivity contribution in [1.82, 2.24) is 9.21 Å². The molecule has 0 aromatic carbocycles. The van der Waals surface area contributed by atoms with Crippen LogP contribution in [0.1, 0.15) is 10.6 Å². The first-order valence-corrected chi connectivity index (χ1v) is 10.9. The maximum atomic E-state index is 12.7. The number of hydrogen-bond donors (Lipinski definition) is 0. The largest absolute Gasteiger partial charge is 0.468 e. The predicted octanol–water partition coefficient (Wildman–Crippen LogP) is -0.829. The minimum absolute atomic E-state index is 0.0303. The maximum absolute atomic E-state index is 12.7. The fraction of sp³-hybridized carbons (Fsp3) is 0.615. The van der Waals surface area contributed by atoms with E-state index in [0.29, 0.717) is 0 Å². The van der Waals surface area contributed by atoms with Gasteiger partial charge in [-0.05, 0) is 6.07 Å². The summed E-state index contributed by atoms with van der Waals surface area (Å²) in [6.07, 6.45) is 1.05. The molecule has 1 aromatic rings. The molecule has 11 heteroatoms. The second kappa shape index (κ2) is 5.74. The zero-order valence-electron chi connectivity index (χ0n) is 13.2. The molecule has 2 atom stereocenters. The molecule has 2 fully saturated rings. The van der Waals surface area contributed by atoms with Crippen LogP contribution in [-0.2, 0) is 19.9 Å². The van der Waals surface area contributed by atoms with Gasteiger partial charge in [0.1, 0.15) is 0 Å². The van der Waals surface area contributed by atoms with Gasteiger partial charge in [0, 0.05) is 19.2 Å². The molecule has 2 aliphatic heterocycles. The number of piperazine rings is 1. The van der Waals surface area contributed by atoms with Gasteiger partial charge in [-0.1, -0.05) is 0 Å². The number of amides is 1. The van der Waals surface area contributed by atoms with Gasteiger partial charge in [0.25, 0.3) is 11.9 Å². The smallest absolute Gasteiger partial charge is 0.290 e. The lowest BCUT2D eigenvalue weighted by Crippen LogP contribution is -2.61. The third-order valence-electron chi connectivity index (χ3n) is 4.31. The van der Waals surface area contributed by atoms with Gasteiger partial charge in [-0.15, -0.1) is 0 Å². The van der Waals surface area contributed by atoms with Gasteiger partial charge in [0.05, 0.1) is 37.0 Å². The van der Waals surface area contributed by atoms with Gasteiger partial charge in [-0.25, -0.2) is 16.8 Å². The zero-order chi connectivity index (χ0) is 17.7. The Morgan fingerprint density at radius 3 is 2.50 bits per heavy atom. The molecule has 9 nitrogen and oxygen atoms in total. The van der Waals surface area contributed by atoms with Crippen LogP contribution in [0.25, 0.3) is 0 Å². The highest BCUT2D eigenvalue weighted by Crippen LogP contribution is 2.30. The fourth-order valence-corrected chi connectivity index (χ4v) is 6.47. The Labute approximate surface area is 140 Å². The summed E-state index contributed by atoms with van der Waals surface area (Å²) in [5.74, 6) is -0.812. The summed E-state index contributed by atoms with van der Waals surface area (Å²) in [5, 5.41) is 0. The van der Waals surface area contributed by atoms with Gasteiger partial charge < -0.3 is 14.1 Å². The Balaban J connectivity index is 1.92. The molecule has 0 bridgehead atoms. The Morgan fingerprint density at radius 2 is 1.92 bits per heavy atom. The number of methoxy groups -OCH3 is 1. The van der Waals surface area contributed by atoms with Crippen LogP contribution in [0.4, 0.5) is 0 Å². The van der Waals surface area contributed by atoms with Crippen molar-refractivity contribution in [3.05, 3.63) is 17.9 Å². The van der Waals surface area contributed by atoms with Crippen LogP contribution >= 0.6 is 0 Å². The van der Waals surface area contributed by atoms with E-state index in [-0.39, 0.29) is 36.3 Å². The zero-order valence-corrected chi connectivity index (χ0v) is 14.8. The minimum Gasteiger partial charge on any atom is -0.468 e. The monoisotopic (exact) mass is 378 g/mol. The highest BCUT2D eigenvalue weighted by atomic mass is 32.2. The summed E-state index contributed by atoms with van der Waals surface area (Å²) in [4.78, 5) is 14.0. The first kappa shape index (κ1) is 17.2. The first-order chi connectivity index (χ1) is 11.1. The molecule has 24 heavy (non-hydrogen) atoms. The fourth-order valence-electron chi connectivity index (χ4n) is 3.27.